The summed E-state index contributed by atoms with van der Waals surface area (Å²) in [6.45, 7) is 4.03. The number of hydrogen-bond donors (Lipinski definition) is 1. The van der Waals surface area contributed by atoms with Crippen LogP contribution in [0.5, 0.6) is 0 Å². The molecule has 0 spiro atoms. The van der Waals surface area contributed by atoms with E-state index in [1.165, 1.54) is 0 Å². The van der Waals surface area contributed by atoms with Crippen molar-refractivity contribution in [2.45, 2.75) is 32.4 Å². The van der Waals surface area contributed by atoms with Crippen LogP contribution in [0.1, 0.15) is 37.8 Å². The summed E-state index contributed by atoms with van der Waals surface area (Å²) in [5.41, 5.74) is 6.48. The van der Waals surface area contributed by atoms with Crippen molar-refractivity contribution in [1.82, 2.24) is 5.43 Å². The zero-order valence-corrected chi connectivity index (χ0v) is 14.5. The zero-order valence-electron chi connectivity index (χ0n) is 13.8. The van der Waals surface area contributed by atoms with Gasteiger partial charge in [-0.1, -0.05) is 66.1 Å². The van der Waals surface area contributed by atoms with Gasteiger partial charge in [0.15, 0.2) is 0 Å². The molecule has 0 saturated heterocycles. The van der Waals surface area contributed by atoms with Crippen LogP contribution in [0.3, 0.4) is 0 Å². The second-order valence-corrected chi connectivity index (χ2v) is 6.37. The summed E-state index contributed by atoms with van der Waals surface area (Å²) in [5, 5.41) is 9.47. The Kier molecular flexibility index (Phi) is 4.86. The highest BCUT2D eigenvalue weighted by Gasteiger charge is 2.34. The van der Waals surface area contributed by atoms with Gasteiger partial charge in [0.25, 0.3) is 0 Å². The maximum absolute atomic E-state index is 5.93. The summed E-state index contributed by atoms with van der Waals surface area (Å²) >= 11 is 5.93. The second-order valence-electron chi connectivity index (χ2n) is 5.93. The van der Waals surface area contributed by atoms with E-state index in [0.717, 1.165) is 29.0 Å². The van der Waals surface area contributed by atoms with Crippen LogP contribution in [0.4, 0.5) is 0 Å². The molecule has 0 saturated carbocycles. The molecule has 2 aromatic carbocycles. The Balaban J connectivity index is 1.70. The number of oxime groups is 1. The summed E-state index contributed by atoms with van der Waals surface area (Å²) in [6.07, 6.45) is 1.46. The number of rotatable bonds is 5. The minimum Gasteiger partial charge on any atom is -0.366 e. The first-order chi connectivity index (χ1) is 11.6. The van der Waals surface area contributed by atoms with Crippen LogP contribution >= 0.6 is 11.6 Å². The third kappa shape index (κ3) is 3.77. The van der Waals surface area contributed by atoms with Gasteiger partial charge >= 0.3 is 0 Å². The molecule has 0 bridgehead atoms. The summed E-state index contributed by atoms with van der Waals surface area (Å²) < 4.78 is 0. The molecule has 3 rings (SSSR count). The molecule has 0 fully saturated rings. The molecule has 2 aromatic rings. The van der Waals surface area contributed by atoms with E-state index in [-0.39, 0.29) is 0 Å². The molecule has 0 aliphatic carbocycles. The van der Waals surface area contributed by atoms with Crippen LogP contribution in [-0.4, -0.2) is 17.1 Å². The van der Waals surface area contributed by atoms with Crippen LogP contribution in [0.2, 0.25) is 5.02 Å². The molecule has 124 valence electrons. The smallest absolute Gasteiger partial charge is 0.224 e. The quantitative estimate of drug-likeness (QED) is 0.639. The molecule has 1 atom stereocenters. The first kappa shape index (κ1) is 16.5. The maximum atomic E-state index is 5.93. The Morgan fingerprint density at radius 2 is 1.92 bits per heavy atom. The molecular formula is C19H20ClN3O. The highest BCUT2D eigenvalue weighted by atomic mass is 35.5. The van der Waals surface area contributed by atoms with Crippen LogP contribution in [-0.2, 0) is 4.84 Å². The molecule has 1 unspecified atom stereocenters. The van der Waals surface area contributed by atoms with Gasteiger partial charge in [0.05, 0.1) is 17.8 Å². The lowest BCUT2D eigenvalue weighted by atomic mass is 10.0. The van der Waals surface area contributed by atoms with Crippen molar-refractivity contribution < 1.29 is 4.84 Å². The van der Waals surface area contributed by atoms with Crippen LogP contribution in [0.25, 0.3) is 0 Å². The molecule has 1 aliphatic heterocycles. The topological polar surface area (TPSA) is 46.0 Å². The Morgan fingerprint density at radius 3 is 2.58 bits per heavy atom. The first-order valence-electron chi connectivity index (χ1n) is 8.00. The summed E-state index contributed by atoms with van der Waals surface area (Å²) in [7, 11) is 0. The van der Waals surface area contributed by atoms with Gasteiger partial charge in [-0.3, -0.25) is 5.43 Å². The largest absolute Gasteiger partial charge is 0.366 e. The zero-order chi connectivity index (χ0) is 17.0. The van der Waals surface area contributed by atoms with Gasteiger partial charge in [-0.15, -0.1) is 0 Å². The van der Waals surface area contributed by atoms with Crippen molar-refractivity contribution in [3.8, 4) is 0 Å². The van der Waals surface area contributed by atoms with Gasteiger partial charge in [-0.25, -0.2) is 0 Å². The van der Waals surface area contributed by atoms with Crippen molar-refractivity contribution in [2.24, 2.45) is 10.3 Å². The van der Waals surface area contributed by atoms with E-state index >= 15 is 0 Å². The van der Waals surface area contributed by atoms with E-state index in [9.17, 15) is 0 Å². The Labute approximate surface area is 147 Å². The predicted octanol–water partition coefficient (Wildman–Crippen LogP) is 4.58. The van der Waals surface area contributed by atoms with E-state index in [2.05, 4.69) is 34.7 Å². The van der Waals surface area contributed by atoms with Crippen molar-refractivity contribution in [3.63, 3.8) is 0 Å². The molecule has 0 amide bonds. The van der Waals surface area contributed by atoms with Gasteiger partial charge in [-0.2, -0.15) is 5.10 Å². The molecular weight excluding hydrogens is 322 g/mol. The lowest BCUT2D eigenvalue weighted by molar-refractivity contribution is -0.0299. The monoisotopic (exact) mass is 341 g/mol. The maximum Gasteiger partial charge on any atom is 0.224 e. The van der Waals surface area contributed by atoms with E-state index < -0.39 is 5.72 Å². The average molecular weight is 342 g/mol. The number of nitrogens with zero attached hydrogens (tertiary/aromatic N) is 2. The Morgan fingerprint density at radius 1 is 1.21 bits per heavy atom. The summed E-state index contributed by atoms with van der Waals surface area (Å²) in [5.74, 6) is 0. The van der Waals surface area contributed by atoms with Gasteiger partial charge in [-0.05, 0) is 36.6 Å². The molecule has 0 aromatic heterocycles. The van der Waals surface area contributed by atoms with Gasteiger partial charge < -0.3 is 4.84 Å². The third-order valence-electron chi connectivity index (χ3n) is 3.91. The van der Waals surface area contributed by atoms with Gasteiger partial charge in [0, 0.05) is 5.02 Å². The normalized spacial score (nSPS) is 20.5. The van der Waals surface area contributed by atoms with Crippen molar-refractivity contribution >= 4 is 23.0 Å². The number of hydrazone groups is 1. The van der Waals surface area contributed by atoms with Crippen molar-refractivity contribution in [3.05, 3.63) is 70.7 Å². The lowest BCUT2D eigenvalue weighted by Gasteiger charge is -2.21. The van der Waals surface area contributed by atoms with Crippen LogP contribution in [0, 0.1) is 0 Å². The SMILES string of the molecule is CC/C(=N/NC1(C)CC(c2ccc(Cl)cc2)=NO1)c1ccccc1. The Bertz CT molecular complexity index is 756. The molecule has 0 radical (unpaired) electrons. The Hall–Kier alpha value is -2.33. The summed E-state index contributed by atoms with van der Waals surface area (Å²) in [4.78, 5) is 5.61. The minimum atomic E-state index is -0.649. The van der Waals surface area contributed by atoms with Gasteiger partial charge in [0.1, 0.15) is 0 Å². The number of hydrogen-bond acceptors (Lipinski definition) is 4. The molecule has 1 N–H and O–H groups in total. The fourth-order valence-electron chi connectivity index (χ4n) is 2.56. The van der Waals surface area contributed by atoms with Crippen molar-refractivity contribution in [1.29, 1.82) is 0 Å². The van der Waals surface area contributed by atoms with Crippen LogP contribution < -0.4 is 5.43 Å². The third-order valence-corrected chi connectivity index (χ3v) is 4.16. The minimum absolute atomic E-state index is 0.629. The molecule has 1 heterocycles. The fraction of sp³-hybridized carbons (Fsp3) is 0.263. The first-order valence-corrected chi connectivity index (χ1v) is 8.37. The number of nitrogens with one attached hydrogen (secondary N) is 1. The highest BCUT2D eigenvalue weighted by molar-refractivity contribution is 6.30. The lowest BCUT2D eigenvalue weighted by Crippen LogP contribution is -2.39. The van der Waals surface area contributed by atoms with Gasteiger partial charge in [0.2, 0.25) is 5.72 Å². The molecule has 1 aliphatic rings. The van der Waals surface area contributed by atoms with Crippen LogP contribution in [0.15, 0.2) is 64.9 Å². The predicted molar refractivity (Wildman–Crippen MR) is 98.5 cm³/mol. The van der Waals surface area contributed by atoms with E-state index in [1.54, 1.807) is 0 Å². The van der Waals surface area contributed by atoms with E-state index in [4.69, 9.17) is 16.4 Å². The molecule has 24 heavy (non-hydrogen) atoms. The highest BCUT2D eigenvalue weighted by Crippen LogP contribution is 2.25. The van der Waals surface area contributed by atoms with E-state index in [0.29, 0.717) is 11.4 Å². The fourth-order valence-corrected chi connectivity index (χ4v) is 2.69. The number of halogens is 1. The summed E-state index contributed by atoms with van der Waals surface area (Å²) in [6, 6.07) is 17.7. The molecule has 5 heteroatoms. The van der Waals surface area contributed by atoms with Crippen molar-refractivity contribution in [2.75, 3.05) is 0 Å². The average Bonchev–Trinajstić information content (AvgIpc) is 3.00. The number of benzene rings is 2. The standard InChI is InChI=1S/C19H20ClN3O/c1-3-17(14-7-5-4-6-8-14)21-23-19(2)13-18(22-24-19)15-9-11-16(20)12-10-15/h4-12,23H,3,13H2,1-2H3/b21-17-. The second kappa shape index (κ2) is 7.05. The molecule has 4 nitrogen and oxygen atoms in total. The van der Waals surface area contributed by atoms with E-state index in [1.807, 2.05) is 49.4 Å².